The number of fused-ring (bicyclic) bond motifs is 1. The van der Waals surface area contributed by atoms with E-state index in [1.54, 1.807) is 92.9 Å². The Morgan fingerprint density at radius 3 is 2.27 bits per heavy atom. The van der Waals surface area contributed by atoms with Gasteiger partial charge in [0.2, 0.25) is 0 Å². The summed E-state index contributed by atoms with van der Waals surface area (Å²) in [5.74, 6) is -6.62. The van der Waals surface area contributed by atoms with Gasteiger partial charge in [-0.15, -0.1) is 0 Å². The first-order valence-corrected chi connectivity index (χ1v) is 22.0. The van der Waals surface area contributed by atoms with Gasteiger partial charge in [-0.2, -0.15) is 0 Å². The first-order valence-electron chi connectivity index (χ1n) is 22.0. The van der Waals surface area contributed by atoms with Crippen LogP contribution in [0.3, 0.4) is 0 Å². The molecule has 2 amide bonds. The number of amides is 2. The molecule has 0 bridgehead atoms. The molecule has 0 N–H and O–H groups in total. The molecule has 0 spiro atoms. The summed E-state index contributed by atoms with van der Waals surface area (Å²) in [6, 6.07) is 2.93. The molecule has 0 aromatic carbocycles. The van der Waals surface area contributed by atoms with Crippen LogP contribution < -0.4 is 0 Å². The van der Waals surface area contributed by atoms with E-state index in [1.165, 1.54) is 25.9 Å². The Morgan fingerprint density at radius 2 is 1.65 bits per heavy atom. The molecule has 0 aliphatic carbocycles. The summed E-state index contributed by atoms with van der Waals surface area (Å²) < 4.78 is 38.1. The second-order valence-corrected chi connectivity index (χ2v) is 19.2. The number of aryl methyl sites for hydroxylation is 1. The number of cyclic esters (lactones) is 1. The molecule has 0 saturated carbocycles. The zero-order chi connectivity index (χ0) is 46.8. The Kier molecular flexibility index (Phi) is 14.9. The second kappa shape index (κ2) is 19.1. The van der Waals surface area contributed by atoms with Gasteiger partial charge < -0.3 is 37.9 Å². The van der Waals surface area contributed by atoms with E-state index in [0.29, 0.717) is 19.4 Å². The van der Waals surface area contributed by atoms with Crippen molar-refractivity contribution in [1.82, 2.24) is 24.3 Å². The number of Topliss-reactive ketones (excluding diaryl/α,β-unsaturated/α-hetero) is 2. The van der Waals surface area contributed by atoms with Gasteiger partial charge in [-0.05, 0) is 93.2 Å². The van der Waals surface area contributed by atoms with Crippen LogP contribution in [0.15, 0.2) is 37.1 Å². The number of rotatable bonds is 10. The van der Waals surface area contributed by atoms with Crippen molar-refractivity contribution in [3.63, 3.8) is 0 Å². The van der Waals surface area contributed by atoms with Crippen molar-refractivity contribution in [1.29, 1.82) is 0 Å². The summed E-state index contributed by atoms with van der Waals surface area (Å²) in [5, 5.41) is 0. The van der Waals surface area contributed by atoms with Crippen molar-refractivity contribution < 1.29 is 57.2 Å². The molecule has 3 fully saturated rings. The van der Waals surface area contributed by atoms with Gasteiger partial charge in [-0.25, -0.2) is 19.4 Å². The van der Waals surface area contributed by atoms with Gasteiger partial charge in [0.25, 0.3) is 0 Å². The fourth-order valence-electron chi connectivity index (χ4n) is 9.37. The lowest BCUT2D eigenvalue weighted by Crippen LogP contribution is -2.59. The minimum Gasteiger partial charge on any atom is -0.458 e. The molecule has 2 aromatic rings. The monoisotopic (exact) mass is 881 g/mol. The summed E-state index contributed by atoms with van der Waals surface area (Å²) in [6.07, 6.45) is 3.65. The molecule has 348 valence electrons. The van der Waals surface area contributed by atoms with E-state index in [9.17, 15) is 28.8 Å². The van der Waals surface area contributed by atoms with Crippen molar-refractivity contribution in [3.05, 3.63) is 37.1 Å². The Morgan fingerprint density at radius 1 is 0.968 bits per heavy atom. The van der Waals surface area contributed by atoms with Crippen LogP contribution in [0.1, 0.15) is 109 Å². The molecular formula is C46H67N5O12. The lowest BCUT2D eigenvalue weighted by molar-refractivity contribution is -0.193. The number of unbranched alkanes of at least 4 members (excludes halogenated alkanes) is 1. The van der Waals surface area contributed by atoms with Gasteiger partial charge >= 0.3 is 24.1 Å². The topological polar surface area (TPSA) is 195 Å². The largest absolute Gasteiger partial charge is 0.458 e. The van der Waals surface area contributed by atoms with Crippen molar-refractivity contribution in [2.75, 3.05) is 20.2 Å². The highest BCUT2D eigenvalue weighted by atomic mass is 16.6. The zero-order valence-corrected chi connectivity index (χ0v) is 39.2. The molecule has 1 unspecified atom stereocenters. The van der Waals surface area contributed by atoms with E-state index in [0.717, 1.165) is 11.3 Å². The van der Waals surface area contributed by atoms with Crippen molar-refractivity contribution in [2.45, 2.75) is 162 Å². The number of carbonyl (C=O) groups excluding carboxylic acids is 6. The maximum absolute atomic E-state index is 14.7. The van der Waals surface area contributed by atoms with Crippen molar-refractivity contribution >= 4 is 35.7 Å². The van der Waals surface area contributed by atoms with Gasteiger partial charge in [-0.1, -0.05) is 27.7 Å². The van der Waals surface area contributed by atoms with Crippen LogP contribution in [0.2, 0.25) is 0 Å². The Labute approximate surface area is 370 Å². The zero-order valence-electron chi connectivity index (χ0n) is 39.2. The minimum atomic E-state index is -1.46. The van der Waals surface area contributed by atoms with E-state index < -0.39 is 100 Å². The fraction of sp³-hybridized carbons (Fsp3) is 0.696. The first-order chi connectivity index (χ1) is 29.4. The third kappa shape index (κ3) is 10.6. The van der Waals surface area contributed by atoms with Crippen LogP contribution in [0.4, 0.5) is 9.59 Å². The lowest BCUT2D eigenvalue weighted by Gasteiger charge is -2.43. The average Bonchev–Trinajstić information content (AvgIpc) is 3.91. The second-order valence-electron chi connectivity index (χ2n) is 19.2. The third-order valence-electron chi connectivity index (χ3n) is 12.8. The molecule has 5 rings (SSSR count). The summed E-state index contributed by atoms with van der Waals surface area (Å²) in [4.78, 5) is 95.7. The fourth-order valence-corrected chi connectivity index (χ4v) is 9.37. The Hall–Kier alpha value is -4.90. The van der Waals surface area contributed by atoms with Gasteiger partial charge in [0.05, 0.1) is 30.5 Å². The molecule has 2 aromatic heterocycles. The van der Waals surface area contributed by atoms with E-state index in [1.807, 2.05) is 22.9 Å². The molecule has 3 saturated heterocycles. The number of imidazole rings is 1. The predicted molar refractivity (Wildman–Crippen MR) is 229 cm³/mol. The standard InChI is InChI=1S/C46H67N5O12/c1-14-34-46(12)37(50(41(56)63-46)21-16-15-20-49-24-32(48-26-49)31-18-17-19-47-23-31)28(3)35(52)27(2)22-45(11,58-13)38(29(4)36(53)30(5)39(54)59-34)60-40(55)33-25-51(44(9,10)61-33)42(57)62-43(6,7)8/h17-19,23-24,26-30,33-34,37-38H,14-16,20-22,25H2,1-13H3/t27-,28+,29+,30-,33?,34-,37-,38-,45+,46-/m1/s1. The predicted octanol–water partition coefficient (Wildman–Crippen LogP) is 6.40. The smallest absolute Gasteiger partial charge is 0.412 e. The van der Waals surface area contributed by atoms with Crippen molar-refractivity contribution in [2.24, 2.45) is 23.7 Å². The number of esters is 2. The molecule has 3 aliphatic rings. The van der Waals surface area contributed by atoms with Crippen LogP contribution >= 0.6 is 0 Å². The molecule has 5 heterocycles. The van der Waals surface area contributed by atoms with E-state index in [-0.39, 0.29) is 31.7 Å². The van der Waals surface area contributed by atoms with Crippen LogP contribution in [0, 0.1) is 23.7 Å². The summed E-state index contributed by atoms with van der Waals surface area (Å²) in [7, 11) is 1.40. The van der Waals surface area contributed by atoms with Gasteiger partial charge in [-0.3, -0.25) is 24.3 Å². The number of aromatic nitrogens is 3. The molecular weight excluding hydrogens is 815 g/mol. The number of hydrogen-bond acceptors (Lipinski definition) is 14. The normalized spacial score (nSPS) is 31.8. The third-order valence-corrected chi connectivity index (χ3v) is 12.8. The highest BCUT2D eigenvalue weighted by Gasteiger charge is 2.60. The lowest BCUT2D eigenvalue weighted by atomic mass is 9.73. The van der Waals surface area contributed by atoms with E-state index >= 15 is 0 Å². The number of nitrogens with zero attached hydrogens (tertiary/aromatic N) is 5. The molecule has 10 atom stereocenters. The van der Waals surface area contributed by atoms with Crippen LogP contribution in [-0.2, 0) is 54.1 Å². The number of carbonyl (C=O) groups is 6. The first kappa shape index (κ1) is 49.1. The molecule has 0 radical (unpaired) electrons. The van der Waals surface area contributed by atoms with Gasteiger partial charge in [0.1, 0.15) is 40.8 Å². The number of hydrogen-bond donors (Lipinski definition) is 0. The summed E-state index contributed by atoms with van der Waals surface area (Å²) in [6.45, 7) is 20.7. The Balaban J connectivity index is 1.41. The minimum absolute atomic E-state index is 0.0104. The average molecular weight is 882 g/mol. The maximum Gasteiger partial charge on any atom is 0.412 e. The highest BCUT2D eigenvalue weighted by molar-refractivity contribution is 6.00. The summed E-state index contributed by atoms with van der Waals surface area (Å²) in [5.41, 5.74) is -3.28. The quantitative estimate of drug-likeness (QED) is 0.110. The van der Waals surface area contributed by atoms with Crippen LogP contribution in [0.5, 0.6) is 0 Å². The van der Waals surface area contributed by atoms with E-state index in [2.05, 4.69) is 9.97 Å². The number of ether oxygens (including phenoxy) is 6. The Bertz CT molecular complexity index is 2000. The maximum atomic E-state index is 14.7. The molecule has 17 nitrogen and oxygen atoms in total. The molecule has 17 heteroatoms. The van der Waals surface area contributed by atoms with Gasteiger partial charge in [0, 0.05) is 56.2 Å². The number of ketones is 2. The molecule has 3 aliphatic heterocycles. The summed E-state index contributed by atoms with van der Waals surface area (Å²) >= 11 is 0. The van der Waals surface area contributed by atoms with Crippen LogP contribution in [-0.4, -0.2) is 127 Å². The number of methoxy groups -OCH3 is 1. The van der Waals surface area contributed by atoms with Crippen molar-refractivity contribution in [3.8, 4) is 11.3 Å². The number of pyridine rings is 1. The van der Waals surface area contributed by atoms with Crippen LogP contribution in [0.25, 0.3) is 11.3 Å². The molecule has 63 heavy (non-hydrogen) atoms. The SMILES string of the molecule is CC[C@H]1OC(=O)[C@H](C)C(=O)[C@H](C)[C@@H](OC(=O)C2CN(C(=O)OC(C)(C)C)C(C)(C)O2)[C@@](C)(OC)C[C@@H](C)C(=O)[C@H](C)[C@H]2N(CCCCn3cnc(-c4cccnc4)c3)C(=O)O[C@]12C. The van der Waals surface area contributed by atoms with E-state index in [4.69, 9.17) is 28.4 Å². The van der Waals surface area contributed by atoms with Gasteiger partial charge in [0.15, 0.2) is 17.5 Å². The highest BCUT2D eigenvalue weighted by Crippen LogP contribution is 2.43.